The Morgan fingerprint density at radius 3 is 2.58 bits per heavy atom. The van der Waals surface area contributed by atoms with Gasteiger partial charge in [-0.05, 0) is 25.5 Å². The number of halogens is 2. The van der Waals surface area contributed by atoms with E-state index in [1.807, 2.05) is 12.1 Å². The summed E-state index contributed by atoms with van der Waals surface area (Å²) in [6, 6.07) is 6.97. The Labute approximate surface area is 161 Å². The van der Waals surface area contributed by atoms with Gasteiger partial charge in [-0.15, -0.1) is 24.0 Å². The molecule has 1 aromatic rings. The number of para-hydroxylation sites is 1. The number of benzene rings is 1. The molecule has 136 valence electrons. The van der Waals surface area contributed by atoms with E-state index in [1.54, 1.807) is 13.2 Å². The summed E-state index contributed by atoms with van der Waals surface area (Å²) in [5.41, 5.74) is 0.689. The Balaban J connectivity index is 0.00000288. The fourth-order valence-electron chi connectivity index (χ4n) is 2.69. The Morgan fingerprint density at radius 2 is 1.96 bits per heavy atom. The van der Waals surface area contributed by atoms with Crippen molar-refractivity contribution < 1.29 is 9.13 Å². The van der Waals surface area contributed by atoms with Gasteiger partial charge in [-0.2, -0.15) is 0 Å². The summed E-state index contributed by atoms with van der Waals surface area (Å²) in [5, 5.41) is 3.34. The highest BCUT2D eigenvalue weighted by atomic mass is 127. The summed E-state index contributed by atoms with van der Waals surface area (Å²) in [4.78, 5) is 8.99. The van der Waals surface area contributed by atoms with Crippen LogP contribution < -0.4 is 10.2 Å². The van der Waals surface area contributed by atoms with Gasteiger partial charge in [0.15, 0.2) is 5.96 Å². The van der Waals surface area contributed by atoms with Gasteiger partial charge in [0.1, 0.15) is 5.82 Å². The van der Waals surface area contributed by atoms with Crippen LogP contribution in [0.4, 0.5) is 10.1 Å². The minimum atomic E-state index is -0.152. The lowest BCUT2D eigenvalue weighted by Gasteiger charge is -2.37. The van der Waals surface area contributed by atoms with Crippen LogP contribution in [-0.2, 0) is 4.74 Å². The molecule has 0 aliphatic carbocycles. The molecule has 1 fully saturated rings. The van der Waals surface area contributed by atoms with E-state index < -0.39 is 0 Å². The van der Waals surface area contributed by atoms with Crippen molar-refractivity contribution in [2.75, 3.05) is 57.9 Å². The number of aliphatic imine (C=N–C) groups is 1. The monoisotopic (exact) mass is 450 g/mol. The third-order valence-corrected chi connectivity index (χ3v) is 3.88. The first-order valence-electron chi connectivity index (χ1n) is 8.28. The summed E-state index contributed by atoms with van der Waals surface area (Å²) in [5.74, 6) is 0.790. The van der Waals surface area contributed by atoms with Crippen molar-refractivity contribution in [1.82, 2.24) is 10.2 Å². The summed E-state index contributed by atoms with van der Waals surface area (Å²) < 4.78 is 18.9. The molecule has 1 heterocycles. The molecule has 1 saturated heterocycles. The van der Waals surface area contributed by atoms with E-state index in [0.717, 1.165) is 58.3 Å². The lowest BCUT2D eigenvalue weighted by molar-refractivity contribution is 0.197. The Bertz CT molecular complexity index is 507. The molecule has 0 aromatic heterocycles. The number of hydrogen-bond acceptors (Lipinski definition) is 3. The van der Waals surface area contributed by atoms with Crippen LogP contribution >= 0.6 is 24.0 Å². The van der Waals surface area contributed by atoms with Crippen LogP contribution in [0.1, 0.15) is 13.3 Å². The van der Waals surface area contributed by atoms with Gasteiger partial charge in [0.2, 0.25) is 0 Å². The minimum absolute atomic E-state index is 0. The highest BCUT2D eigenvalue weighted by molar-refractivity contribution is 14.0. The summed E-state index contributed by atoms with van der Waals surface area (Å²) in [7, 11) is 1.71. The van der Waals surface area contributed by atoms with Crippen LogP contribution in [0.3, 0.4) is 0 Å². The Hall–Kier alpha value is -1.09. The van der Waals surface area contributed by atoms with Gasteiger partial charge >= 0.3 is 0 Å². The predicted octanol–water partition coefficient (Wildman–Crippen LogP) is 2.57. The van der Waals surface area contributed by atoms with E-state index in [2.05, 4.69) is 27.0 Å². The second-order valence-corrected chi connectivity index (χ2v) is 5.51. The lowest BCUT2D eigenvalue weighted by Crippen LogP contribution is -2.52. The van der Waals surface area contributed by atoms with E-state index in [1.165, 1.54) is 6.07 Å². The second kappa shape index (κ2) is 11.5. The summed E-state index contributed by atoms with van der Waals surface area (Å²) in [6.45, 7) is 7.66. The van der Waals surface area contributed by atoms with Crippen LogP contribution in [-0.4, -0.2) is 63.8 Å². The summed E-state index contributed by atoms with van der Waals surface area (Å²) >= 11 is 0. The maximum absolute atomic E-state index is 13.9. The first-order chi connectivity index (χ1) is 11.3. The van der Waals surface area contributed by atoms with E-state index in [4.69, 9.17) is 4.74 Å². The molecule has 0 atom stereocenters. The number of anilines is 1. The van der Waals surface area contributed by atoms with E-state index in [0.29, 0.717) is 5.69 Å². The third-order valence-electron chi connectivity index (χ3n) is 3.88. The zero-order valence-corrected chi connectivity index (χ0v) is 16.8. The van der Waals surface area contributed by atoms with Gasteiger partial charge in [0, 0.05) is 53.0 Å². The smallest absolute Gasteiger partial charge is 0.194 e. The number of guanidine groups is 1. The number of hydrogen-bond donors (Lipinski definition) is 1. The van der Waals surface area contributed by atoms with Crippen molar-refractivity contribution >= 4 is 35.6 Å². The van der Waals surface area contributed by atoms with Crippen molar-refractivity contribution in [3.05, 3.63) is 30.1 Å². The highest BCUT2D eigenvalue weighted by Gasteiger charge is 2.21. The van der Waals surface area contributed by atoms with Gasteiger partial charge in [0.05, 0.1) is 5.69 Å². The van der Waals surface area contributed by atoms with Crippen LogP contribution in [0.25, 0.3) is 0 Å². The van der Waals surface area contributed by atoms with Crippen molar-refractivity contribution in [2.45, 2.75) is 13.3 Å². The minimum Gasteiger partial charge on any atom is -0.385 e. The standard InChI is InChI=1S/C17H27FN4O.HI/c1-3-19-17(20-9-6-14-23-2)22-12-10-21(11-13-22)16-8-5-4-7-15(16)18;/h4-5,7-8H,3,6,9-14H2,1-2H3,(H,19,20);1H. The number of nitrogens with zero attached hydrogens (tertiary/aromatic N) is 3. The van der Waals surface area contributed by atoms with Crippen LogP contribution in [0.2, 0.25) is 0 Å². The molecule has 0 amide bonds. The van der Waals surface area contributed by atoms with Gasteiger partial charge in [-0.1, -0.05) is 12.1 Å². The van der Waals surface area contributed by atoms with Crippen LogP contribution in [0, 0.1) is 5.82 Å². The van der Waals surface area contributed by atoms with Crippen molar-refractivity contribution in [2.24, 2.45) is 4.99 Å². The van der Waals surface area contributed by atoms with Gasteiger partial charge in [-0.25, -0.2) is 4.39 Å². The predicted molar refractivity (Wildman–Crippen MR) is 108 cm³/mol. The molecular formula is C17H28FIN4O. The average molecular weight is 450 g/mol. The fourth-order valence-corrected chi connectivity index (χ4v) is 2.69. The molecule has 24 heavy (non-hydrogen) atoms. The Kier molecular flexibility index (Phi) is 10.0. The largest absolute Gasteiger partial charge is 0.385 e. The number of nitrogens with one attached hydrogen (secondary N) is 1. The number of rotatable bonds is 6. The van der Waals surface area contributed by atoms with Gasteiger partial charge < -0.3 is 19.9 Å². The van der Waals surface area contributed by atoms with Crippen molar-refractivity contribution in [1.29, 1.82) is 0 Å². The molecule has 0 spiro atoms. The number of methoxy groups -OCH3 is 1. The maximum atomic E-state index is 13.9. The fraction of sp³-hybridized carbons (Fsp3) is 0.588. The molecule has 5 nitrogen and oxygen atoms in total. The molecule has 0 radical (unpaired) electrons. The van der Waals surface area contributed by atoms with Crippen LogP contribution in [0.5, 0.6) is 0 Å². The van der Waals surface area contributed by atoms with E-state index in [9.17, 15) is 4.39 Å². The van der Waals surface area contributed by atoms with Crippen LogP contribution in [0.15, 0.2) is 29.3 Å². The zero-order valence-electron chi connectivity index (χ0n) is 14.5. The van der Waals surface area contributed by atoms with Gasteiger partial charge in [0.25, 0.3) is 0 Å². The molecule has 0 unspecified atom stereocenters. The lowest BCUT2D eigenvalue weighted by atomic mass is 10.2. The normalized spacial score (nSPS) is 15.2. The maximum Gasteiger partial charge on any atom is 0.194 e. The van der Waals surface area contributed by atoms with Gasteiger partial charge in [-0.3, -0.25) is 4.99 Å². The first kappa shape index (κ1) is 21.0. The molecule has 1 N–H and O–H groups in total. The zero-order chi connectivity index (χ0) is 16.5. The number of piperazine rings is 1. The average Bonchev–Trinajstić information content (AvgIpc) is 2.58. The molecule has 0 bridgehead atoms. The number of ether oxygens (including phenoxy) is 1. The quantitative estimate of drug-likeness (QED) is 0.313. The summed E-state index contributed by atoms with van der Waals surface area (Å²) in [6.07, 6.45) is 0.917. The topological polar surface area (TPSA) is 40.1 Å². The molecule has 1 aliphatic heterocycles. The molecule has 1 aromatic carbocycles. The molecule has 1 aliphatic rings. The van der Waals surface area contributed by atoms with E-state index >= 15 is 0 Å². The SMILES string of the molecule is CCNC(=NCCCOC)N1CCN(c2ccccc2F)CC1.I. The molecule has 7 heteroatoms. The van der Waals surface area contributed by atoms with Crippen molar-refractivity contribution in [3.63, 3.8) is 0 Å². The molecule has 0 saturated carbocycles. The third kappa shape index (κ3) is 6.08. The molecule has 2 rings (SSSR count). The highest BCUT2D eigenvalue weighted by Crippen LogP contribution is 2.20. The molecular weight excluding hydrogens is 422 g/mol. The second-order valence-electron chi connectivity index (χ2n) is 5.51. The van der Waals surface area contributed by atoms with E-state index in [-0.39, 0.29) is 29.8 Å². The Morgan fingerprint density at radius 1 is 1.25 bits per heavy atom. The first-order valence-corrected chi connectivity index (χ1v) is 8.28. The van der Waals surface area contributed by atoms with Crippen molar-refractivity contribution in [3.8, 4) is 0 Å².